The fourth-order valence-corrected chi connectivity index (χ4v) is 3.97. The molecule has 1 heterocycles. The monoisotopic (exact) mass is 430 g/mol. The summed E-state index contributed by atoms with van der Waals surface area (Å²) < 4.78 is 11.1. The summed E-state index contributed by atoms with van der Waals surface area (Å²) in [4.78, 5) is 10.4. The van der Waals surface area contributed by atoms with Crippen LogP contribution in [0.25, 0.3) is 0 Å². The molecule has 1 fully saturated rings. The van der Waals surface area contributed by atoms with Crippen molar-refractivity contribution in [1.82, 2.24) is 0 Å². The van der Waals surface area contributed by atoms with Gasteiger partial charge in [0.05, 0.1) is 12.2 Å². The van der Waals surface area contributed by atoms with Crippen LogP contribution < -0.4 is 0 Å². The molecule has 3 N–H and O–H groups in total. The summed E-state index contributed by atoms with van der Waals surface area (Å²) in [5.74, 6) is -0.675. The summed E-state index contributed by atoms with van der Waals surface area (Å²) in [7, 11) is 0. The van der Waals surface area contributed by atoms with E-state index in [0.717, 1.165) is 25.7 Å². The SMILES string of the molecule is C[C@@H]1O[C@@H](OCCCCCCCCCCCCCCCCCC(=O)O)[C@H](O)C[C@H]1O. The van der Waals surface area contributed by atoms with E-state index in [-0.39, 0.29) is 6.10 Å². The number of aliphatic hydroxyl groups is 2. The van der Waals surface area contributed by atoms with Crippen LogP contribution in [-0.2, 0) is 14.3 Å². The molecule has 1 rings (SSSR count). The van der Waals surface area contributed by atoms with Gasteiger partial charge in [0.2, 0.25) is 0 Å². The van der Waals surface area contributed by atoms with E-state index in [9.17, 15) is 15.0 Å². The number of carbonyl (C=O) groups is 1. The van der Waals surface area contributed by atoms with Gasteiger partial charge in [-0.2, -0.15) is 0 Å². The molecule has 0 bridgehead atoms. The fraction of sp³-hybridized carbons (Fsp3) is 0.958. The van der Waals surface area contributed by atoms with Crippen LogP contribution in [0.3, 0.4) is 0 Å². The number of hydrogen-bond donors (Lipinski definition) is 3. The highest BCUT2D eigenvalue weighted by Gasteiger charge is 2.34. The minimum Gasteiger partial charge on any atom is -0.481 e. The van der Waals surface area contributed by atoms with Crippen molar-refractivity contribution < 1.29 is 29.6 Å². The molecule has 0 aromatic heterocycles. The second-order valence-electron chi connectivity index (χ2n) is 8.90. The lowest BCUT2D eigenvalue weighted by atomic mass is 10.0. The molecule has 0 amide bonds. The standard InChI is InChI=1S/C24H46O6/c1-20-21(25)19-22(26)24(30-20)29-18-16-14-12-10-8-6-4-2-3-5-7-9-11-13-15-17-23(27)28/h20-22,24-26H,2-19H2,1H3,(H,27,28)/t20-,21+,22+,24+/m0/s1. The Hall–Kier alpha value is -0.690. The minimum atomic E-state index is -0.736. The third-order valence-corrected chi connectivity index (χ3v) is 6.00. The molecule has 0 saturated carbocycles. The van der Waals surface area contributed by atoms with Crippen LogP contribution in [0, 0.1) is 0 Å². The summed E-state index contributed by atoms with van der Waals surface area (Å²) in [6.07, 6.45) is 16.6. The molecule has 4 atom stereocenters. The molecule has 0 aromatic rings. The van der Waals surface area contributed by atoms with E-state index in [1.807, 2.05) is 0 Å². The molecular weight excluding hydrogens is 384 g/mol. The van der Waals surface area contributed by atoms with Crippen LogP contribution in [-0.4, -0.2) is 52.5 Å². The van der Waals surface area contributed by atoms with Gasteiger partial charge in [-0.3, -0.25) is 4.79 Å². The molecule has 6 heteroatoms. The van der Waals surface area contributed by atoms with Crippen molar-refractivity contribution in [1.29, 1.82) is 0 Å². The van der Waals surface area contributed by atoms with Crippen molar-refractivity contribution in [2.24, 2.45) is 0 Å². The maximum Gasteiger partial charge on any atom is 0.303 e. The van der Waals surface area contributed by atoms with Gasteiger partial charge in [-0.05, 0) is 19.8 Å². The smallest absolute Gasteiger partial charge is 0.303 e. The number of carboxylic acids is 1. The molecule has 30 heavy (non-hydrogen) atoms. The van der Waals surface area contributed by atoms with Gasteiger partial charge < -0.3 is 24.8 Å². The Kier molecular flexibility index (Phi) is 16.3. The topological polar surface area (TPSA) is 96.2 Å². The number of rotatable bonds is 19. The third kappa shape index (κ3) is 14.3. The highest BCUT2D eigenvalue weighted by atomic mass is 16.7. The lowest BCUT2D eigenvalue weighted by Gasteiger charge is -2.35. The summed E-state index contributed by atoms with van der Waals surface area (Å²) >= 11 is 0. The van der Waals surface area contributed by atoms with Crippen molar-refractivity contribution in [3.8, 4) is 0 Å². The van der Waals surface area contributed by atoms with Gasteiger partial charge >= 0.3 is 5.97 Å². The molecule has 0 aromatic carbocycles. The summed E-state index contributed by atoms with van der Waals surface area (Å²) in [6.45, 7) is 2.41. The Morgan fingerprint density at radius 1 is 0.767 bits per heavy atom. The predicted molar refractivity (Wildman–Crippen MR) is 118 cm³/mol. The number of hydrogen-bond acceptors (Lipinski definition) is 5. The zero-order valence-corrected chi connectivity index (χ0v) is 19.1. The van der Waals surface area contributed by atoms with E-state index < -0.39 is 24.5 Å². The van der Waals surface area contributed by atoms with Crippen LogP contribution in [0.4, 0.5) is 0 Å². The van der Waals surface area contributed by atoms with Crippen molar-refractivity contribution in [2.45, 2.75) is 141 Å². The Bertz CT molecular complexity index is 417. The zero-order chi connectivity index (χ0) is 22.0. The molecule has 6 nitrogen and oxygen atoms in total. The Morgan fingerprint density at radius 2 is 1.20 bits per heavy atom. The van der Waals surface area contributed by atoms with Gasteiger partial charge in [0.1, 0.15) is 6.10 Å². The largest absolute Gasteiger partial charge is 0.481 e. The fourth-order valence-electron chi connectivity index (χ4n) is 3.97. The number of unbranched alkanes of at least 4 members (excludes halogenated alkanes) is 14. The first-order valence-corrected chi connectivity index (χ1v) is 12.4. The molecule has 0 aliphatic carbocycles. The Morgan fingerprint density at radius 3 is 1.67 bits per heavy atom. The second-order valence-corrected chi connectivity index (χ2v) is 8.90. The van der Waals surface area contributed by atoms with E-state index in [4.69, 9.17) is 14.6 Å². The molecule has 178 valence electrons. The third-order valence-electron chi connectivity index (χ3n) is 6.00. The van der Waals surface area contributed by atoms with E-state index in [1.54, 1.807) is 6.92 Å². The first-order chi connectivity index (χ1) is 14.5. The summed E-state index contributed by atoms with van der Waals surface area (Å²) in [6, 6.07) is 0. The van der Waals surface area contributed by atoms with Gasteiger partial charge in [0, 0.05) is 19.4 Å². The van der Waals surface area contributed by atoms with E-state index in [1.165, 1.54) is 70.6 Å². The first kappa shape index (κ1) is 27.3. The quantitative estimate of drug-likeness (QED) is 0.244. The van der Waals surface area contributed by atoms with Gasteiger partial charge in [-0.25, -0.2) is 0 Å². The highest BCUT2D eigenvalue weighted by molar-refractivity contribution is 5.66. The molecule has 0 unspecified atom stereocenters. The van der Waals surface area contributed by atoms with E-state index >= 15 is 0 Å². The van der Waals surface area contributed by atoms with Gasteiger partial charge in [0.15, 0.2) is 6.29 Å². The van der Waals surface area contributed by atoms with Crippen LogP contribution in [0.2, 0.25) is 0 Å². The van der Waals surface area contributed by atoms with Crippen LogP contribution in [0.1, 0.15) is 116 Å². The molecule has 1 saturated heterocycles. The summed E-state index contributed by atoms with van der Waals surface area (Å²) in [5, 5.41) is 28.1. The molecule has 0 spiro atoms. The molecular formula is C24H46O6. The van der Waals surface area contributed by atoms with Crippen molar-refractivity contribution in [3.63, 3.8) is 0 Å². The summed E-state index contributed by atoms with van der Waals surface area (Å²) in [5.41, 5.74) is 0. The predicted octanol–water partition coefficient (Wildman–Crippen LogP) is 5.19. The van der Waals surface area contributed by atoms with Crippen molar-refractivity contribution in [2.75, 3.05) is 6.61 Å². The van der Waals surface area contributed by atoms with Crippen molar-refractivity contribution >= 4 is 5.97 Å². The van der Waals surface area contributed by atoms with Gasteiger partial charge in [0.25, 0.3) is 0 Å². The number of aliphatic carboxylic acids is 1. The average molecular weight is 431 g/mol. The highest BCUT2D eigenvalue weighted by Crippen LogP contribution is 2.21. The maximum absolute atomic E-state index is 10.4. The lowest BCUT2D eigenvalue weighted by Crippen LogP contribution is -2.47. The molecule has 0 radical (unpaired) electrons. The average Bonchev–Trinajstić information content (AvgIpc) is 2.70. The van der Waals surface area contributed by atoms with Crippen molar-refractivity contribution in [3.05, 3.63) is 0 Å². The number of ether oxygens (including phenoxy) is 2. The Labute approximate surface area is 183 Å². The van der Waals surface area contributed by atoms with E-state index in [0.29, 0.717) is 19.4 Å². The Balaban J connectivity index is 1.75. The minimum absolute atomic E-state index is 0.283. The lowest BCUT2D eigenvalue weighted by molar-refractivity contribution is -0.261. The number of carboxylic acid groups (broad SMARTS) is 1. The van der Waals surface area contributed by atoms with Gasteiger partial charge in [-0.1, -0.05) is 83.5 Å². The zero-order valence-electron chi connectivity index (χ0n) is 19.1. The van der Waals surface area contributed by atoms with Crippen LogP contribution in [0.5, 0.6) is 0 Å². The van der Waals surface area contributed by atoms with Crippen LogP contribution >= 0.6 is 0 Å². The number of aliphatic hydroxyl groups excluding tert-OH is 2. The van der Waals surface area contributed by atoms with E-state index in [2.05, 4.69) is 0 Å². The molecule has 1 aliphatic heterocycles. The second kappa shape index (κ2) is 17.9. The van der Waals surface area contributed by atoms with Crippen LogP contribution in [0.15, 0.2) is 0 Å². The first-order valence-electron chi connectivity index (χ1n) is 12.4. The van der Waals surface area contributed by atoms with Gasteiger partial charge in [-0.15, -0.1) is 0 Å². The normalized spacial score (nSPS) is 24.2. The molecule has 1 aliphatic rings. The maximum atomic E-state index is 10.4.